The number of aromatic hydroxyl groups is 2. The molecule has 0 bridgehead atoms. The minimum Gasteiger partial charge on any atom is -0.508 e. The number of phenolic OH excluding ortho intramolecular Hbond substituents is 2. The van der Waals surface area contributed by atoms with Crippen molar-refractivity contribution < 1.29 is 10.2 Å². The highest BCUT2D eigenvalue weighted by Crippen LogP contribution is 2.25. The Bertz CT molecular complexity index is 444. The maximum Gasteiger partial charge on any atom is 0.134 e. The summed E-state index contributed by atoms with van der Waals surface area (Å²) in [5.74, 6) is 0.378. The average molecular weight is 257 g/mol. The standard InChI is InChI=1S/C6H4Cl2O.C6H6O/c7-4-1-2-6(9)5(8)3-4;7-6-4-2-1-3-5-6/h1-3,9H;1-5,7H. The van der Waals surface area contributed by atoms with E-state index in [1.807, 2.05) is 6.07 Å². The van der Waals surface area contributed by atoms with Crippen LogP contribution in [0, 0.1) is 0 Å². The van der Waals surface area contributed by atoms with E-state index in [1.165, 1.54) is 12.1 Å². The molecule has 0 amide bonds. The van der Waals surface area contributed by atoms with E-state index >= 15 is 0 Å². The summed E-state index contributed by atoms with van der Waals surface area (Å²) < 4.78 is 0. The van der Waals surface area contributed by atoms with Gasteiger partial charge in [-0.15, -0.1) is 0 Å². The molecule has 4 heteroatoms. The molecule has 0 unspecified atom stereocenters. The number of hydrogen-bond acceptors (Lipinski definition) is 2. The normalized spacial score (nSPS) is 9.12. The van der Waals surface area contributed by atoms with Crippen LogP contribution in [0.1, 0.15) is 0 Å². The lowest BCUT2D eigenvalue weighted by Crippen LogP contribution is -1.66. The van der Waals surface area contributed by atoms with Gasteiger partial charge >= 0.3 is 0 Å². The molecule has 0 atom stereocenters. The molecule has 84 valence electrons. The smallest absolute Gasteiger partial charge is 0.134 e. The van der Waals surface area contributed by atoms with Crippen molar-refractivity contribution in [1.82, 2.24) is 0 Å². The van der Waals surface area contributed by atoms with E-state index in [0.29, 0.717) is 10.8 Å². The van der Waals surface area contributed by atoms with E-state index in [4.69, 9.17) is 33.4 Å². The summed E-state index contributed by atoms with van der Waals surface area (Å²) in [5.41, 5.74) is 0. The Morgan fingerprint density at radius 3 is 1.81 bits per heavy atom. The largest absolute Gasteiger partial charge is 0.508 e. The minimum absolute atomic E-state index is 0.0565. The topological polar surface area (TPSA) is 40.5 Å². The summed E-state index contributed by atoms with van der Waals surface area (Å²) in [5, 5.41) is 18.3. The van der Waals surface area contributed by atoms with Crippen molar-refractivity contribution in [3.05, 3.63) is 58.6 Å². The predicted octanol–water partition coefficient (Wildman–Crippen LogP) is 4.09. The van der Waals surface area contributed by atoms with Gasteiger partial charge < -0.3 is 10.2 Å². The second-order valence-corrected chi connectivity index (χ2v) is 3.77. The summed E-state index contributed by atoms with van der Waals surface area (Å²) in [7, 11) is 0. The summed E-state index contributed by atoms with van der Waals surface area (Å²) in [4.78, 5) is 0. The van der Waals surface area contributed by atoms with Gasteiger partial charge in [0.05, 0.1) is 5.02 Å². The lowest BCUT2D eigenvalue weighted by Gasteiger charge is -1.93. The van der Waals surface area contributed by atoms with Crippen molar-refractivity contribution >= 4 is 23.2 Å². The number of para-hydroxylation sites is 1. The number of rotatable bonds is 0. The van der Waals surface area contributed by atoms with Crippen molar-refractivity contribution in [2.45, 2.75) is 0 Å². The van der Waals surface area contributed by atoms with Gasteiger partial charge in [-0.25, -0.2) is 0 Å². The van der Waals surface area contributed by atoms with Gasteiger partial charge in [-0.05, 0) is 30.3 Å². The van der Waals surface area contributed by atoms with Gasteiger partial charge in [0, 0.05) is 5.02 Å². The first kappa shape index (κ1) is 12.7. The highest BCUT2D eigenvalue weighted by molar-refractivity contribution is 6.35. The second kappa shape index (κ2) is 6.26. The molecule has 0 radical (unpaired) electrons. The molecule has 0 spiro atoms. The van der Waals surface area contributed by atoms with E-state index in [2.05, 4.69) is 0 Å². The molecule has 2 rings (SSSR count). The molecule has 0 saturated heterocycles. The molecule has 0 aliphatic rings. The van der Waals surface area contributed by atoms with Crippen LogP contribution >= 0.6 is 23.2 Å². The Balaban J connectivity index is 0.000000165. The van der Waals surface area contributed by atoms with Gasteiger partial charge in [0.2, 0.25) is 0 Å². The Hall–Kier alpha value is -1.38. The third-order valence-corrected chi connectivity index (χ3v) is 2.20. The summed E-state index contributed by atoms with van der Waals surface area (Å²) in [6.45, 7) is 0. The predicted molar refractivity (Wildman–Crippen MR) is 66.2 cm³/mol. The quantitative estimate of drug-likeness (QED) is 0.746. The molecule has 16 heavy (non-hydrogen) atoms. The van der Waals surface area contributed by atoms with Crippen LogP contribution in [0.15, 0.2) is 48.5 Å². The van der Waals surface area contributed by atoms with Crippen LogP contribution in [0.4, 0.5) is 0 Å². The van der Waals surface area contributed by atoms with E-state index in [-0.39, 0.29) is 10.8 Å². The molecule has 0 saturated carbocycles. The van der Waals surface area contributed by atoms with E-state index < -0.39 is 0 Å². The van der Waals surface area contributed by atoms with Crippen molar-refractivity contribution in [3.63, 3.8) is 0 Å². The van der Waals surface area contributed by atoms with Crippen molar-refractivity contribution in [1.29, 1.82) is 0 Å². The van der Waals surface area contributed by atoms with Crippen LogP contribution in [-0.2, 0) is 0 Å². The fourth-order valence-corrected chi connectivity index (χ4v) is 1.32. The highest BCUT2D eigenvalue weighted by Gasteiger charge is 1.95. The number of halogens is 2. The number of phenols is 2. The average Bonchev–Trinajstić information content (AvgIpc) is 2.26. The summed E-state index contributed by atoms with van der Waals surface area (Å²) in [6.07, 6.45) is 0. The van der Waals surface area contributed by atoms with Gasteiger partial charge in [0.25, 0.3) is 0 Å². The molecular formula is C12H10Cl2O2. The van der Waals surface area contributed by atoms with Gasteiger partial charge in [0.1, 0.15) is 11.5 Å². The van der Waals surface area contributed by atoms with Crippen LogP contribution in [0.2, 0.25) is 10.0 Å². The molecular weight excluding hydrogens is 247 g/mol. The van der Waals surface area contributed by atoms with Gasteiger partial charge in [0.15, 0.2) is 0 Å². The first-order chi connectivity index (χ1) is 7.59. The molecule has 2 N–H and O–H groups in total. The Labute approximate surface area is 104 Å². The van der Waals surface area contributed by atoms with Crippen LogP contribution in [0.25, 0.3) is 0 Å². The van der Waals surface area contributed by atoms with E-state index in [0.717, 1.165) is 0 Å². The van der Waals surface area contributed by atoms with E-state index in [1.54, 1.807) is 30.3 Å². The molecule has 0 aliphatic carbocycles. The van der Waals surface area contributed by atoms with Crippen molar-refractivity contribution in [2.24, 2.45) is 0 Å². The van der Waals surface area contributed by atoms with Crippen LogP contribution in [0.5, 0.6) is 11.5 Å². The van der Waals surface area contributed by atoms with Crippen LogP contribution < -0.4 is 0 Å². The van der Waals surface area contributed by atoms with Crippen molar-refractivity contribution in [2.75, 3.05) is 0 Å². The highest BCUT2D eigenvalue weighted by atomic mass is 35.5. The van der Waals surface area contributed by atoms with Crippen LogP contribution in [-0.4, -0.2) is 10.2 Å². The second-order valence-electron chi connectivity index (χ2n) is 2.93. The fraction of sp³-hybridized carbons (Fsp3) is 0. The molecule has 2 aromatic rings. The lowest BCUT2D eigenvalue weighted by atomic mass is 10.3. The molecule has 2 nitrogen and oxygen atoms in total. The zero-order valence-corrected chi connectivity index (χ0v) is 9.78. The lowest BCUT2D eigenvalue weighted by molar-refractivity contribution is 0.475. The summed E-state index contributed by atoms with van der Waals surface area (Å²) in [6, 6.07) is 13.2. The van der Waals surface area contributed by atoms with Gasteiger partial charge in [-0.1, -0.05) is 41.4 Å². The van der Waals surface area contributed by atoms with Gasteiger partial charge in [-0.2, -0.15) is 0 Å². The number of hydrogen-bond donors (Lipinski definition) is 2. The Kier molecular flexibility index (Phi) is 4.96. The first-order valence-corrected chi connectivity index (χ1v) is 5.23. The third kappa shape index (κ3) is 4.43. The molecule has 0 fully saturated rings. The van der Waals surface area contributed by atoms with Crippen molar-refractivity contribution in [3.8, 4) is 11.5 Å². The number of benzene rings is 2. The minimum atomic E-state index is 0.0565. The Morgan fingerprint density at radius 1 is 0.812 bits per heavy atom. The van der Waals surface area contributed by atoms with E-state index in [9.17, 15) is 0 Å². The first-order valence-electron chi connectivity index (χ1n) is 4.47. The van der Waals surface area contributed by atoms with Gasteiger partial charge in [-0.3, -0.25) is 0 Å². The molecule has 0 heterocycles. The molecule has 2 aromatic carbocycles. The third-order valence-electron chi connectivity index (χ3n) is 1.67. The fourth-order valence-electron chi connectivity index (χ4n) is 0.909. The molecule has 0 aromatic heterocycles. The zero-order chi connectivity index (χ0) is 12.0. The monoisotopic (exact) mass is 256 g/mol. The summed E-state index contributed by atoms with van der Waals surface area (Å²) >= 11 is 11.0. The maximum absolute atomic E-state index is 8.85. The Morgan fingerprint density at radius 2 is 1.44 bits per heavy atom. The van der Waals surface area contributed by atoms with Crippen LogP contribution in [0.3, 0.4) is 0 Å². The maximum atomic E-state index is 8.85. The molecule has 0 aliphatic heterocycles. The zero-order valence-electron chi connectivity index (χ0n) is 8.27. The SMILES string of the molecule is Oc1ccc(Cl)cc1Cl.Oc1ccccc1.